The third kappa shape index (κ3) is 7.43. The number of amides is 1. The maximum atomic E-state index is 12.1. The predicted molar refractivity (Wildman–Crippen MR) is 125 cm³/mol. The number of hydrogen-bond donors (Lipinski definition) is 2. The number of nitrogens with zero attached hydrogens (tertiary/aromatic N) is 3. The van der Waals surface area contributed by atoms with Crippen molar-refractivity contribution >= 4 is 36.0 Å². The third-order valence-electron chi connectivity index (χ3n) is 5.62. The largest absolute Gasteiger partial charge is 0.444 e. The molecule has 3 atom stereocenters. The van der Waals surface area contributed by atoms with Crippen molar-refractivity contribution in [2.75, 3.05) is 46.3 Å². The second-order valence-corrected chi connectivity index (χ2v) is 9.02. The molecule has 0 radical (unpaired) electrons. The van der Waals surface area contributed by atoms with Gasteiger partial charge in [-0.05, 0) is 53.0 Å². The van der Waals surface area contributed by atoms with Crippen LogP contribution in [-0.4, -0.2) is 92.0 Å². The van der Waals surface area contributed by atoms with E-state index in [4.69, 9.17) is 9.47 Å². The van der Waals surface area contributed by atoms with Crippen LogP contribution in [0.2, 0.25) is 0 Å². The van der Waals surface area contributed by atoms with Crippen molar-refractivity contribution in [3.63, 3.8) is 0 Å². The van der Waals surface area contributed by atoms with E-state index in [0.717, 1.165) is 64.5 Å². The van der Waals surface area contributed by atoms with Gasteiger partial charge in [-0.3, -0.25) is 9.89 Å². The number of fused-ring (bicyclic) bond motifs is 2. The smallest absolute Gasteiger partial charge is 0.410 e. The van der Waals surface area contributed by atoms with Gasteiger partial charge in [0.25, 0.3) is 0 Å². The van der Waals surface area contributed by atoms with Crippen molar-refractivity contribution in [2.24, 2.45) is 4.99 Å². The second kappa shape index (κ2) is 11.0. The predicted octanol–water partition coefficient (Wildman–Crippen LogP) is 2.03. The van der Waals surface area contributed by atoms with E-state index >= 15 is 0 Å². The Morgan fingerprint density at radius 1 is 1.21 bits per heavy atom. The summed E-state index contributed by atoms with van der Waals surface area (Å²) in [6.07, 6.45) is 5.09. The lowest BCUT2D eigenvalue weighted by atomic mass is 9.96. The van der Waals surface area contributed by atoms with Gasteiger partial charge in [-0.2, -0.15) is 0 Å². The number of nitrogens with one attached hydrogen (secondary N) is 2. The van der Waals surface area contributed by atoms with E-state index < -0.39 is 5.60 Å². The van der Waals surface area contributed by atoms with Gasteiger partial charge < -0.3 is 25.0 Å². The van der Waals surface area contributed by atoms with Crippen LogP contribution in [0.5, 0.6) is 0 Å². The molecule has 3 saturated heterocycles. The van der Waals surface area contributed by atoms with Crippen molar-refractivity contribution in [3.8, 4) is 0 Å². The molecule has 8 nitrogen and oxygen atoms in total. The summed E-state index contributed by atoms with van der Waals surface area (Å²) >= 11 is 0. The van der Waals surface area contributed by atoms with Gasteiger partial charge in [-0.1, -0.05) is 0 Å². The summed E-state index contributed by atoms with van der Waals surface area (Å²) < 4.78 is 11.4. The molecule has 1 amide bonds. The SMILES string of the molecule is CN=C(NCCCN1CCN(C(=O)OC(C)(C)C)CC1)NC1CC2CCC1O2.I. The van der Waals surface area contributed by atoms with Crippen molar-refractivity contribution in [1.29, 1.82) is 0 Å². The fourth-order valence-corrected chi connectivity index (χ4v) is 4.15. The van der Waals surface area contributed by atoms with Gasteiger partial charge in [0.1, 0.15) is 5.60 Å². The maximum absolute atomic E-state index is 12.1. The number of rotatable bonds is 5. The van der Waals surface area contributed by atoms with Crippen LogP contribution in [0.25, 0.3) is 0 Å². The molecule has 168 valence electrons. The van der Waals surface area contributed by atoms with Crippen molar-refractivity contribution < 1.29 is 14.3 Å². The molecule has 0 aromatic carbocycles. The number of guanidine groups is 1. The minimum atomic E-state index is -0.434. The summed E-state index contributed by atoms with van der Waals surface area (Å²) in [6.45, 7) is 10.9. The highest BCUT2D eigenvalue weighted by atomic mass is 127. The summed E-state index contributed by atoms with van der Waals surface area (Å²) in [5, 5.41) is 6.93. The summed E-state index contributed by atoms with van der Waals surface area (Å²) in [6, 6.07) is 0.394. The average molecular weight is 523 g/mol. The van der Waals surface area contributed by atoms with Gasteiger partial charge in [0, 0.05) is 39.8 Å². The van der Waals surface area contributed by atoms with Crippen LogP contribution < -0.4 is 10.6 Å². The van der Waals surface area contributed by atoms with Gasteiger partial charge in [0.05, 0.1) is 18.2 Å². The molecule has 0 aromatic rings. The molecule has 29 heavy (non-hydrogen) atoms. The number of halogens is 1. The molecular formula is C20H38IN5O3. The number of aliphatic imine (C=N–C) groups is 1. The Bertz CT molecular complexity index is 561. The fourth-order valence-electron chi connectivity index (χ4n) is 4.15. The Hall–Kier alpha value is -0.810. The van der Waals surface area contributed by atoms with E-state index in [9.17, 15) is 4.79 Å². The van der Waals surface area contributed by atoms with Gasteiger partial charge in [-0.25, -0.2) is 4.79 Å². The van der Waals surface area contributed by atoms with Crippen LogP contribution in [-0.2, 0) is 9.47 Å². The molecular weight excluding hydrogens is 485 g/mol. The first-order valence-electron chi connectivity index (χ1n) is 10.7. The van der Waals surface area contributed by atoms with Crippen LogP contribution >= 0.6 is 24.0 Å². The zero-order chi connectivity index (χ0) is 20.1. The van der Waals surface area contributed by atoms with E-state index in [1.54, 1.807) is 0 Å². The molecule has 2 N–H and O–H groups in total. The minimum Gasteiger partial charge on any atom is -0.444 e. The van der Waals surface area contributed by atoms with Crippen molar-refractivity contribution in [3.05, 3.63) is 0 Å². The Morgan fingerprint density at radius 2 is 1.93 bits per heavy atom. The highest BCUT2D eigenvalue weighted by Crippen LogP contribution is 2.34. The van der Waals surface area contributed by atoms with Crippen molar-refractivity contribution in [1.82, 2.24) is 20.4 Å². The zero-order valence-corrected chi connectivity index (χ0v) is 20.6. The lowest BCUT2D eigenvalue weighted by molar-refractivity contribution is 0.0145. The lowest BCUT2D eigenvalue weighted by Gasteiger charge is -2.35. The topological polar surface area (TPSA) is 78.4 Å². The summed E-state index contributed by atoms with van der Waals surface area (Å²) in [5.41, 5.74) is -0.434. The van der Waals surface area contributed by atoms with Gasteiger partial charge >= 0.3 is 6.09 Å². The minimum absolute atomic E-state index is 0. The molecule has 2 bridgehead atoms. The van der Waals surface area contributed by atoms with E-state index in [-0.39, 0.29) is 30.1 Å². The van der Waals surface area contributed by atoms with Crippen LogP contribution in [0.3, 0.4) is 0 Å². The van der Waals surface area contributed by atoms with E-state index in [1.807, 2.05) is 32.7 Å². The molecule has 0 spiro atoms. The highest BCUT2D eigenvalue weighted by Gasteiger charge is 2.41. The molecule has 0 aromatic heterocycles. The van der Waals surface area contributed by atoms with Crippen LogP contribution in [0.1, 0.15) is 46.5 Å². The van der Waals surface area contributed by atoms with Crippen molar-refractivity contribution in [2.45, 2.75) is 70.3 Å². The summed E-state index contributed by atoms with van der Waals surface area (Å²) in [7, 11) is 1.82. The van der Waals surface area contributed by atoms with Crippen LogP contribution in [0.15, 0.2) is 4.99 Å². The normalized spacial score (nSPS) is 27.5. The monoisotopic (exact) mass is 523 g/mol. The first kappa shape index (κ1) is 24.5. The summed E-state index contributed by atoms with van der Waals surface area (Å²) in [5.74, 6) is 0.871. The quantitative estimate of drug-likeness (QED) is 0.249. The number of piperazine rings is 1. The highest BCUT2D eigenvalue weighted by molar-refractivity contribution is 14.0. The number of hydrogen-bond acceptors (Lipinski definition) is 5. The molecule has 3 aliphatic heterocycles. The first-order chi connectivity index (χ1) is 13.3. The van der Waals surface area contributed by atoms with E-state index in [1.165, 1.54) is 6.42 Å². The zero-order valence-electron chi connectivity index (χ0n) is 18.3. The van der Waals surface area contributed by atoms with E-state index in [2.05, 4.69) is 20.5 Å². The maximum Gasteiger partial charge on any atom is 0.410 e. The Kier molecular flexibility index (Phi) is 9.27. The van der Waals surface area contributed by atoms with Gasteiger partial charge in [0.2, 0.25) is 0 Å². The van der Waals surface area contributed by atoms with Crippen LogP contribution in [0, 0.1) is 0 Å². The average Bonchev–Trinajstić information content (AvgIpc) is 3.26. The molecule has 3 fully saturated rings. The lowest BCUT2D eigenvalue weighted by Crippen LogP contribution is -2.50. The van der Waals surface area contributed by atoms with Crippen LogP contribution in [0.4, 0.5) is 4.79 Å². The number of carbonyl (C=O) groups excluding carboxylic acids is 1. The second-order valence-electron chi connectivity index (χ2n) is 9.02. The standard InChI is InChI=1S/C20H37N5O3.HI/c1-20(2,3)28-19(26)25-12-10-24(11-13-25)9-5-8-22-18(21-4)23-16-14-15-6-7-17(16)27-15;/h15-17H,5-14H2,1-4H3,(H2,21,22,23);1H. The van der Waals surface area contributed by atoms with Gasteiger partial charge in [-0.15, -0.1) is 24.0 Å². The summed E-state index contributed by atoms with van der Waals surface area (Å²) in [4.78, 5) is 20.7. The Balaban J connectivity index is 0.00000300. The molecule has 3 unspecified atom stereocenters. The molecule has 9 heteroatoms. The Labute approximate surface area is 192 Å². The number of ether oxygens (including phenoxy) is 2. The fraction of sp³-hybridized carbons (Fsp3) is 0.900. The molecule has 0 aliphatic carbocycles. The molecule has 3 heterocycles. The molecule has 0 saturated carbocycles. The first-order valence-corrected chi connectivity index (χ1v) is 10.7. The molecule has 3 rings (SSSR count). The Morgan fingerprint density at radius 3 is 2.48 bits per heavy atom. The van der Waals surface area contributed by atoms with E-state index in [0.29, 0.717) is 18.2 Å². The third-order valence-corrected chi connectivity index (χ3v) is 5.62. The molecule has 3 aliphatic rings. The number of carbonyl (C=O) groups is 1. The van der Waals surface area contributed by atoms with Gasteiger partial charge in [0.15, 0.2) is 5.96 Å².